The number of aliphatic hydroxyl groups is 2. The van der Waals surface area contributed by atoms with E-state index < -0.39 is 12.2 Å². The molecule has 1 aliphatic heterocycles. The summed E-state index contributed by atoms with van der Waals surface area (Å²) in [5.74, 6) is 1.56. The van der Waals surface area contributed by atoms with Gasteiger partial charge in [0.2, 0.25) is 0 Å². The Labute approximate surface area is 123 Å². The predicted octanol–water partition coefficient (Wildman–Crippen LogP) is 2.81. The zero-order valence-electron chi connectivity index (χ0n) is 11.5. The van der Waals surface area contributed by atoms with Crippen LogP contribution in [0.25, 0.3) is 0 Å². The molecular weight excluding hydrogens is 266 g/mol. The van der Waals surface area contributed by atoms with E-state index in [2.05, 4.69) is 4.90 Å². The van der Waals surface area contributed by atoms with Crippen molar-refractivity contribution >= 4 is 11.4 Å². The molecule has 3 atom stereocenters. The highest BCUT2D eigenvalue weighted by Crippen LogP contribution is 2.49. The van der Waals surface area contributed by atoms with Crippen LogP contribution in [0.1, 0.15) is 12.8 Å². The zero-order valence-corrected chi connectivity index (χ0v) is 11.5. The summed E-state index contributed by atoms with van der Waals surface area (Å²) in [6.45, 7) is 0. The highest BCUT2D eigenvalue weighted by atomic mass is 16.5. The van der Waals surface area contributed by atoms with E-state index in [1.807, 2.05) is 48.5 Å². The Morgan fingerprint density at radius 2 is 1.43 bits per heavy atom. The highest BCUT2D eigenvalue weighted by Gasteiger charge is 2.40. The van der Waals surface area contributed by atoms with Gasteiger partial charge < -0.3 is 19.8 Å². The smallest absolute Gasteiger partial charge is 0.151 e. The maximum absolute atomic E-state index is 10.3. The third-order valence-electron chi connectivity index (χ3n) is 4.35. The standard InChI is InChI=1S/C17H17NO3/c19-14-10-9-13(17(14)20)18-11-5-1-3-7-15(11)21-16-8-4-2-6-12(16)18/h1-8,13-14,17,19-20H,9-10H2/t13-,14-,17+/m0/s1. The van der Waals surface area contributed by atoms with Gasteiger partial charge in [0, 0.05) is 0 Å². The molecule has 1 aliphatic carbocycles. The Balaban J connectivity index is 1.86. The largest absolute Gasteiger partial charge is 0.453 e. The van der Waals surface area contributed by atoms with Crippen LogP contribution >= 0.6 is 0 Å². The second-order valence-electron chi connectivity index (χ2n) is 5.61. The molecule has 21 heavy (non-hydrogen) atoms. The van der Waals surface area contributed by atoms with Crippen LogP contribution in [-0.2, 0) is 0 Å². The molecule has 2 aromatic rings. The molecule has 4 rings (SSSR count). The topological polar surface area (TPSA) is 52.9 Å². The molecule has 2 aromatic carbocycles. The van der Waals surface area contributed by atoms with Gasteiger partial charge in [0.25, 0.3) is 0 Å². The van der Waals surface area contributed by atoms with Crippen LogP contribution in [0.3, 0.4) is 0 Å². The van der Waals surface area contributed by atoms with E-state index in [1.165, 1.54) is 0 Å². The van der Waals surface area contributed by atoms with Crippen molar-refractivity contribution in [2.75, 3.05) is 4.90 Å². The molecule has 1 saturated carbocycles. The predicted molar refractivity (Wildman–Crippen MR) is 80.1 cm³/mol. The Morgan fingerprint density at radius 1 is 0.857 bits per heavy atom. The van der Waals surface area contributed by atoms with Gasteiger partial charge in [-0.2, -0.15) is 0 Å². The summed E-state index contributed by atoms with van der Waals surface area (Å²) in [6, 6.07) is 15.5. The quantitative estimate of drug-likeness (QED) is 0.845. The third-order valence-corrected chi connectivity index (χ3v) is 4.35. The van der Waals surface area contributed by atoms with E-state index in [1.54, 1.807) is 0 Å². The van der Waals surface area contributed by atoms with Gasteiger partial charge in [-0.1, -0.05) is 24.3 Å². The summed E-state index contributed by atoms with van der Waals surface area (Å²) in [5, 5.41) is 20.2. The van der Waals surface area contributed by atoms with Crippen LogP contribution in [0.4, 0.5) is 11.4 Å². The zero-order chi connectivity index (χ0) is 14.4. The highest BCUT2D eigenvalue weighted by molar-refractivity contribution is 5.78. The SMILES string of the molecule is O[C@H]1[C@@H](O)CC[C@@H]1N1c2ccccc2Oc2ccccc21. The number of fused-ring (bicyclic) bond motifs is 2. The lowest BCUT2D eigenvalue weighted by molar-refractivity contribution is 0.0362. The van der Waals surface area contributed by atoms with Crippen LogP contribution < -0.4 is 9.64 Å². The van der Waals surface area contributed by atoms with E-state index in [9.17, 15) is 10.2 Å². The van der Waals surface area contributed by atoms with Crippen molar-refractivity contribution in [3.8, 4) is 11.5 Å². The van der Waals surface area contributed by atoms with Gasteiger partial charge in [-0.3, -0.25) is 0 Å². The van der Waals surface area contributed by atoms with E-state index in [4.69, 9.17) is 4.74 Å². The molecule has 0 amide bonds. The van der Waals surface area contributed by atoms with Gasteiger partial charge in [0.15, 0.2) is 11.5 Å². The first-order chi connectivity index (χ1) is 10.3. The lowest BCUT2D eigenvalue weighted by atomic mass is 10.1. The monoisotopic (exact) mass is 283 g/mol. The second-order valence-corrected chi connectivity index (χ2v) is 5.61. The number of para-hydroxylation sites is 4. The normalized spacial score (nSPS) is 27.0. The van der Waals surface area contributed by atoms with Crippen LogP contribution in [0, 0.1) is 0 Å². The second kappa shape index (κ2) is 4.76. The first-order valence-corrected chi connectivity index (χ1v) is 7.27. The first-order valence-electron chi connectivity index (χ1n) is 7.27. The number of hydrogen-bond donors (Lipinski definition) is 2. The molecule has 108 valence electrons. The Morgan fingerprint density at radius 3 is 1.95 bits per heavy atom. The fourth-order valence-electron chi connectivity index (χ4n) is 3.31. The maximum Gasteiger partial charge on any atom is 0.151 e. The Kier molecular flexibility index (Phi) is 2.87. The lowest BCUT2D eigenvalue weighted by Gasteiger charge is -2.38. The molecule has 1 heterocycles. The lowest BCUT2D eigenvalue weighted by Crippen LogP contribution is -2.41. The molecular formula is C17H17NO3. The summed E-state index contributed by atoms with van der Waals surface area (Å²) < 4.78 is 5.94. The average Bonchev–Trinajstić information content (AvgIpc) is 2.84. The molecule has 4 nitrogen and oxygen atoms in total. The minimum Gasteiger partial charge on any atom is -0.453 e. The molecule has 0 aromatic heterocycles. The average molecular weight is 283 g/mol. The van der Waals surface area contributed by atoms with E-state index in [0.29, 0.717) is 6.42 Å². The summed E-state index contributed by atoms with van der Waals surface area (Å²) in [7, 11) is 0. The Hall–Kier alpha value is -2.04. The fraction of sp³-hybridized carbons (Fsp3) is 0.294. The first kappa shape index (κ1) is 12.7. The van der Waals surface area contributed by atoms with Crippen molar-refractivity contribution in [1.82, 2.24) is 0 Å². The van der Waals surface area contributed by atoms with Crippen molar-refractivity contribution in [2.45, 2.75) is 31.1 Å². The molecule has 0 spiro atoms. The number of benzene rings is 2. The third kappa shape index (κ3) is 1.91. The van der Waals surface area contributed by atoms with Crippen LogP contribution in [0.15, 0.2) is 48.5 Å². The number of aliphatic hydroxyl groups excluding tert-OH is 2. The van der Waals surface area contributed by atoms with Crippen molar-refractivity contribution in [2.24, 2.45) is 0 Å². The number of nitrogens with zero attached hydrogens (tertiary/aromatic N) is 1. The number of anilines is 2. The van der Waals surface area contributed by atoms with Crippen molar-refractivity contribution < 1.29 is 14.9 Å². The van der Waals surface area contributed by atoms with Gasteiger partial charge in [-0.25, -0.2) is 0 Å². The minimum atomic E-state index is -0.746. The molecule has 0 bridgehead atoms. The molecule has 4 heteroatoms. The molecule has 2 N–H and O–H groups in total. The van der Waals surface area contributed by atoms with Crippen LogP contribution in [-0.4, -0.2) is 28.5 Å². The molecule has 0 saturated heterocycles. The minimum absolute atomic E-state index is 0.133. The summed E-state index contributed by atoms with van der Waals surface area (Å²) in [6.07, 6.45) is -0.0280. The Bertz CT molecular complexity index is 627. The van der Waals surface area contributed by atoms with Crippen LogP contribution in [0.5, 0.6) is 11.5 Å². The summed E-state index contributed by atoms with van der Waals surface area (Å²) >= 11 is 0. The van der Waals surface area contributed by atoms with Gasteiger partial charge in [-0.15, -0.1) is 0 Å². The summed E-state index contributed by atoms with van der Waals surface area (Å²) in [4.78, 5) is 2.11. The molecule has 0 unspecified atom stereocenters. The van der Waals surface area contributed by atoms with Crippen molar-refractivity contribution in [3.05, 3.63) is 48.5 Å². The molecule has 2 aliphatic rings. The van der Waals surface area contributed by atoms with Gasteiger partial charge in [0.1, 0.15) is 6.10 Å². The number of rotatable bonds is 1. The van der Waals surface area contributed by atoms with Gasteiger partial charge in [0.05, 0.1) is 23.5 Å². The maximum atomic E-state index is 10.3. The molecule has 1 fully saturated rings. The van der Waals surface area contributed by atoms with E-state index in [0.717, 1.165) is 29.3 Å². The fourth-order valence-corrected chi connectivity index (χ4v) is 3.31. The van der Waals surface area contributed by atoms with Crippen molar-refractivity contribution in [3.63, 3.8) is 0 Å². The van der Waals surface area contributed by atoms with Gasteiger partial charge in [-0.05, 0) is 37.1 Å². The van der Waals surface area contributed by atoms with E-state index in [-0.39, 0.29) is 6.04 Å². The van der Waals surface area contributed by atoms with Crippen molar-refractivity contribution in [1.29, 1.82) is 0 Å². The number of hydrogen-bond acceptors (Lipinski definition) is 4. The molecule has 0 radical (unpaired) electrons. The van der Waals surface area contributed by atoms with Crippen LogP contribution in [0.2, 0.25) is 0 Å². The summed E-state index contributed by atoms with van der Waals surface area (Å²) in [5.41, 5.74) is 1.88. The van der Waals surface area contributed by atoms with E-state index >= 15 is 0 Å². The number of ether oxygens (including phenoxy) is 1. The van der Waals surface area contributed by atoms with Gasteiger partial charge >= 0.3 is 0 Å².